The maximum atomic E-state index is 13.1. The lowest BCUT2D eigenvalue weighted by Crippen LogP contribution is -2.50. The Kier molecular flexibility index (Phi) is 5.86. The highest BCUT2D eigenvalue weighted by Crippen LogP contribution is 2.27. The van der Waals surface area contributed by atoms with Crippen LogP contribution in [0, 0.1) is 6.92 Å². The molecule has 3 aromatic rings. The minimum atomic E-state index is -0.177. The standard InChI is InChI=1S/C24H24ClN5O3/c1-16-5-7-17(8-6-16)21-14-30-20(15-33-21)22(26-27-30)24(32)29-11-9-28(10-12-29)23(31)18-3-2-4-19(25)13-18/h2-8,13,21H,9-12,14-15H2,1H3. The molecule has 0 N–H and O–H groups in total. The topological polar surface area (TPSA) is 80.6 Å². The molecule has 2 aromatic carbocycles. The molecule has 3 heterocycles. The lowest BCUT2D eigenvalue weighted by atomic mass is 10.1. The van der Waals surface area contributed by atoms with E-state index in [2.05, 4.69) is 34.6 Å². The lowest BCUT2D eigenvalue weighted by Gasteiger charge is -2.34. The van der Waals surface area contributed by atoms with Crippen LogP contribution in [0.4, 0.5) is 0 Å². The Bertz CT molecular complexity index is 1190. The van der Waals surface area contributed by atoms with Gasteiger partial charge in [-0.3, -0.25) is 9.59 Å². The van der Waals surface area contributed by atoms with Gasteiger partial charge in [-0.25, -0.2) is 4.68 Å². The number of aryl methyl sites for hydroxylation is 1. The van der Waals surface area contributed by atoms with Crippen LogP contribution in [-0.2, 0) is 17.9 Å². The van der Waals surface area contributed by atoms with E-state index in [1.165, 1.54) is 5.56 Å². The fourth-order valence-corrected chi connectivity index (χ4v) is 4.42. The number of carbonyl (C=O) groups excluding carboxylic acids is 2. The lowest BCUT2D eigenvalue weighted by molar-refractivity contribution is -0.00203. The number of halogens is 1. The summed E-state index contributed by atoms with van der Waals surface area (Å²) in [6, 6.07) is 15.1. The number of rotatable bonds is 3. The second-order valence-corrected chi connectivity index (χ2v) is 8.81. The average molecular weight is 466 g/mol. The summed E-state index contributed by atoms with van der Waals surface area (Å²) in [7, 11) is 0. The molecule has 1 unspecified atom stereocenters. The fourth-order valence-electron chi connectivity index (χ4n) is 4.23. The van der Waals surface area contributed by atoms with E-state index in [0.29, 0.717) is 54.7 Å². The second kappa shape index (κ2) is 8.96. The summed E-state index contributed by atoms with van der Waals surface area (Å²) in [6.07, 6.45) is -0.121. The number of benzene rings is 2. The maximum Gasteiger partial charge on any atom is 0.276 e. The van der Waals surface area contributed by atoms with Crippen LogP contribution < -0.4 is 0 Å². The van der Waals surface area contributed by atoms with Gasteiger partial charge in [0.1, 0.15) is 6.10 Å². The minimum absolute atomic E-state index is 0.0822. The Morgan fingerprint density at radius 2 is 1.70 bits per heavy atom. The first-order chi connectivity index (χ1) is 16.0. The van der Waals surface area contributed by atoms with Crippen molar-refractivity contribution in [2.45, 2.75) is 26.2 Å². The van der Waals surface area contributed by atoms with Crippen molar-refractivity contribution in [3.63, 3.8) is 0 Å². The molecular formula is C24H24ClN5O3. The van der Waals surface area contributed by atoms with E-state index in [0.717, 1.165) is 5.56 Å². The van der Waals surface area contributed by atoms with Crippen molar-refractivity contribution in [2.24, 2.45) is 0 Å². The van der Waals surface area contributed by atoms with Crippen LogP contribution in [0.2, 0.25) is 5.02 Å². The number of nitrogens with zero attached hydrogens (tertiary/aromatic N) is 5. The highest BCUT2D eigenvalue weighted by Gasteiger charge is 2.32. The van der Waals surface area contributed by atoms with Gasteiger partial charge in [-0.1, -0.05) is 52.7 Å². The first-order valence-electron chi connectivity index (χ1n) is 10.9. The van der Waals surface area contributed by atoms with E-state index in [9.17, 15) is 9.59 Å². The SMILES string of the molecule is Cc1ccc(C2Cn3nnc(C(=O)N4CCN(C(=O)c5cccc(Cl)c5)CC4)c3CO2)cc1. The summed E-state index contributed by atoms with van der Waals surface area (Å²) in [4.78, 5) is 29.3. The molecule has 5 rings (SSSR count). The number of carbonyl (C=O) groups is 2. The van der Waals surface area contributed by atoms with Gasteiger partial charge in [0.2, 0.25) is 0 Å². The van der Waals surface area contributed by atoms with E-state index < -0.39 is 0 Å². The highest BCUT2D eigenvalue weighted by molar-refractivity contribution is 6.30. The Balaban J connectivity index is 1.23. The molecule has 9 heteroatoms. The molecule has 2 amide bonds. The zero-order valence-corrected chi connectivity index (χ0v) is 19.0. The number of piperazine rings is 1. The number of hydrogen-bond donors (Lipinski definition) is 0. The van der Waals surface area contributed by atoms with Crippen molar-refractivity contribution >= 4 is 23.4 Å². The van der Waals surface area contributed by atoms with Crippen LogP contribution in [-0.4, -0.2) is 62.8 Å². The number of fused-ring (bicyclic) bond motifs is 1. The normalized spacial score (nSPS) is 18.2. The summed E-state index contributed by atoms with van der Waals surface area (Å²) in [5.74, 6) is -0.260. The zero-order valence-electron chi connectivity index (χ0n) is 18.3. The smallest absolute Gasteiger partial charge is 0.276 e. The zero-order chi connectivity index (χ0) is 22.9. The van der Waals surface area contributed by atoms with E-state index in [4.69, 9.17) is 16.3 Å². The third-order valence-electron chi connectivity index (χ3n) is 6.17. The molecule has 2 aliphatic heterocycles. The molecule has 1 saturated heterocycles. The number of amides is 2. The molecule has 2 aliphatic rings. The van der Waals surface area contributed by atoms with E-state index in [1.807, 2.05) is 6.92 Å². The van der Waals surface area contributed by atoms with Gasteiger partial charge in [-0.2, -0.15) is 0 Å². The van der Waals surface area contributed by atoms with Gasteiger partial charge in [0, 0.05) is 36.8 Å². The van der Waals surface area contributed by atoms with Gasteiger partial charge in [0.15, 0.2) is 5.69 Å². The molecule has 1 fully saturated rings. The van der Waals surface area contributed by atoms with E-state index >= 15 is 0 Å². The molecule has 0 spiro atoms. The summed E-state index contributed by atoms with van der Waals surface area (Å²) >= 11 is 6.01. The second-order valence-electron chi connectivity index (χ2n) is 8.37. The maximum absolute atomic E-state index is 13.1. The third-order valence-corrected chi connectivity index (χ3v) is 6.41. The van der Waals surface area contributed by atoms with Gasteiger partial charge in [-0.15, -0.1) is 5.10 Å². The monoisotopic (exact) mass is 465 g/mol. The first-order valence-corrected chi connectivity index (χ1v) is 11.3. The van der Waals surface area contributed by atoms with Crippen molar-refractivity contribution in [2.75, 3.05) is 26.2 Å². The van der Waals surface area contributed by atoms with Crippen molar-refractivity contribution < 1.29 is 14.3 Å². The van der Waals surface area contributed by atoms with Crippen molar-refractivity contribution in [1.29, 1.82) is 0 Å². The molecule has 0 aliphatic carbocycles. The summed E-state index contributed by atoms with van der Waals surface area (Å²) < 4.78 is 7.80. The minimum Gasteiger partial charge on any atom is -0.365 e. The quantitative estimate of drug-likeness (QED) is 0.593. The summed E-state index contributed by atoms with van der Waals surface area (Å²) in [6.45, 7) is 4.61. The van der Waals surface area contributed by atoms with Crippen molar-refractivity contribution in [3.8, 4) is 0 Å². The molecular weight excluding hydrogens is 442 g/mol. The molecule has 0 bridgehead atoms. The van der Waals surface area contributed by atoms with Gasteiger partial charge in [0.25, 0.3) is 11.8 Å². The number of ether oxygens (including phenoxy) is 1. The molecule has 33 heavy (non-hydrogen) atoms. The van der Waals surface area contributed by atoms with Crippen molar-refractivity contribution in [1.82, 2.24) is 24.8 Å². The Labute approximate surface area is 196 Å². The number of hydrogen-bond acceptors (Lipinski definition) is 5. The molecule has 1 aromatic heterocycles. The Morgan fingerprint density at radius 3 is 2.39 bits per heavy atom. The van der Waals surface area contributed by atoms with Crippen LogP contribution >= 0.6 is 11.6 Å². The fraction of sp³-hybridized carbons (Fsp3) is 0.333. The van der Waals surface area contributed by atoms with E-state index in [-0.39, 0.29) is 24.5 Å². The van der Waals surface area contributed by atoms with Gasteiger partial charge < -0.3 is 14.5 Å². The first kappa shape index (κ1) is 21.6. The van der Waals surface area contributed by atoms with Crippen molar-refractivity contribution in [3.05, 3.63) is 81.6 Å². The number of aromatic nitrogens is 3. The average Bonchev–Trinajstić information content (AvgIpc) is 3.27. The molecule has 8 nitrogen and oxygen atoms in total. The summed E-state index contributed by atoms with van der Waals surface area (Å²) in [5.41, 5.74) is 3.84. The Hall–Kier alpha value is -3.23. The Morgan fingerprint density at radius 1 is 1.00 bits per heavy atom. The van der Waals surface area contributed by atoms with Crippen LogP contribution in [0.15, 0.2) is 48.5 Å². The molecule has 0 radical (unpaired) electrons. The van der Waals surface area contributed by atoms with Crippen LogP contribution in [0.1, 0.15) is 43.8 Å². The van der Waals surface area contributed by atoms with E-state index in [1.54, 1.807) is 38.7 Å². The van der Waals surface area contributed by atoms with Crippen LogP contribution in [0.3, 0.4) is 0 Å². The predicted molar refractivity (Wildman–Crippen MR) is 122 cm³/mol. The highest BCUT2D eigenvalue weighted by atomic mass is 35.5. The molecule has 0 saturated carbocycles. The van der Waals surface area contributed by atoms with Gasteiger partial charge in [0.05, 0.1) is 18.8 Å². The van der Waals surface area contributed by atoms with Gasteiger partial charge >= 0.3 is 0 Å². The largest absolute Gasteiger partial charge is 0.365 e. The molecule has 1 atom stereocenters. The van der Waals surface area contributed by atoms with Crippen LogP contribution in [0.25, 0.3) is 0 Å². The summed E-state index contributed by atoms with van der Waals surface area (Å²) in [5, 5.41) is 8.92. The van der Waals surface area contributed by atoms with Crippen LogP contribution in [0.5, 0.6) is 0 Å². The predicted octanol–water partition coefficient (Wildman–Crippen LogP) is 3.11. The third kappa shape index (κ3) is 4.36. The van der Waals surface area contributed by atoms with Gasteiger partial charge in [-0.05, 0) is 30.7 Å². The molecule has 170 valence electrons.